The first-order valence-corrected chi connectivity index (χ1v) is 6.56. The third-order valence-corrected chi connectivity index (χ3v) is 4.70. The Morgan fingerprint density at radius 3 is 2.50 bits per heavy atom. The second-order valence-corrected chi connectivity index (χ2v) is 5.33. The summed E-state index contributed by atoms with van der Waals surface area (Å²) in [6, 6.07) is 1.73. The number of piperidine rings is 1. The summed E-state index contributed by atoms with van der Waals surface area (Å²) in [6.07, 6.45) is 2.21. The van der Waals surface area contributed by atoms with Crippen LogP contribution in [0.15, 0.2) is 10.5 Å². The van der Waals surface area contributed by atoms with Gasteiger partial charge in [-0.05, 0) is 68.5 Å². The summed E-state index contributed by atoms with van der Waals surface area (Å²) < 4.78 is 14.7. The van der Waals surface area contributed by atoms with Gasteiger partial charge >= 0.3 is 0 Å². The van der Waals surface area contributed by atoms with Crippen LogP contribution in [0.25, 0.3) is 0 Å². The minimum Gasteiger partial charge on any atom is -0.317 e. The van der Waals surface area contributed by atoms with Crippen molar-refractivity contribution in [2.24, 2.45) is 0 Å². The van der Waals surface area contributed by atoms with Gasteiger partial charge in [-0.1, -0.05) is 15.9 Å². The molecule has 1 aliphatic rings. The van der Waals surface area contributed by atoms with Gasteiger partial charge in [0.25, 0.3) is 0 Å². The smallest absolute Gasteiger partial charge is 0.127 e. The third kappa shape index (κ3) is 2.16. The van der Waals surface area contributed by atoms with E-state index in [1.807, 2.05) is 6.92 Å². The molecule has 1 aliphatic heterocycles. The van der Waals surface area contributed by atoms with Crippen molar-refractivity contribution in [2.45, 2.75) is 32.6 Å². The molecule has 1 aromatic carbocycles. The lowest BCUT2D eigenvalue weighted by Crippen LogP contribution is -2.27. The Balaban J connectivity index is 2.40. The monoisotopic (exact) mass is 285 g/mol. The molecule has 0 amide bonds. The van der Waals surface area contributed by atoms with Crippen molar-refractivity contribution in [2.75, 3.05) is 13.1 Å². The molecule has 16 heavy (non-hydrogen) atoms. The molecule has 0 aliphatic carbocycles. The van der Waals surface area contributed by atoms with E-state index in [4.69, 9.17) is 0 Å². The van der Waals surface area contributed by atoms with Gasteiger partial charge in [-0.3, -0.25) is 0 Å². The maximum absolute atomic E-state index is 13.7. The van der Waals surface area contributed by atoms with E-state index in [1.54, 1.807) is 6.07 Å². The summed E-state index contributed by atoms with van der Waals surface area (Å²) in [5, 5.41) is 3.34. The fourth-order valence-corrected chi connectivity index (χ4v) is 2.84. The zero-order valence-electron chi connectivity index (χ0n) is 9.74. The minimum atomic E-state index is -0.0917. The van der Waals surface area contributed by atoms with Gasteiger partial charge in [0, 0.05) is 4.47 Å². The number of halogens is 2. The van der Waals surface area contributed by atoms with Crippen molar-refractivity contribution in [1.82, 2.24) is 5.32 Å². The first-order chi connectivity index (χ1) is 7.61. The average Bonchev–Trinajstić information content (AvgIpc) is 2.32. The second kappa shape index (κ2) is 4.84. The maximum atomic E-state index is 13.7. The number of hydrogen-bond donors (Lipinski definition) is 1. The summed E-state index contributed by atoms with van der Waals surface area (Å²) in [5.74, 6) is 0.415. The van der Waals surface area contributed by atoms with E-state index >= 15 is 0 Å². The van der Waals surface area contributed by atoms with Crippen LogP contribution < -0.4 is 5.32 Å². The molecule has 0 spiro atoms. The molecule has 0 bridgehead atoms. The van der Waals surface area contributed by atoms with Crippen molar-refractivity contribution in [3.8, 4) is 0 Å². The molecule has 2 rings (SSSR count). The number of hydrogen-bond acceptors (Lipinski definition) is 1. The number of rotatable bonds is 1. The summed E-state index contributed by atoms with van der Waals surface area (Å²) >= 11 is 3.49. The zero-order chi connectivity index (χ0) is 11.7. The van der Waals surface area contributed by atoms with Gasteiger partial charge in [0.15, 0.2) is 0 Å². The molecule has 3 heteroatoms. The van der Waals surface area contributed by atoms with E-state index < -0.39 is 0 Å². The lowest BCUT2D eigenvalue weighted by molar-refractivity contribution is 0.456. The highest BCUT2D eigenvalue weighted by Gasteiger charge is 2.20. The fourth-order valence-electron chi connectivity index (χ4n) is 2.42. The molecular weight excluding hydrogens is 269 g/mol. The van der Waals surface area contributed by atoms with E-state index in [9.17, 15) is 4.39 Å². The lowest BCUT2D eigenvalue weighted by Gasteiger charge is -2.25. The quantitative estimate of drug-likeness (QED) is 0.830. The van der Waals surface area contributed by atoms with Crippen molar-refractivity contribution in [3.63, 3.8) is 0 Å². The minimum absolute atomic E-state index is 0.0917. The van der Waals surface area contributed by atoms with Gasteiger partial charge in [-0.15, -0.1) is 0 Å². The molecule has 1 heterocycles. The van der Waals surface area contributed by atoms with Crippen LogP contribution in [0.3, 0.4) is 0 Å². The van der Waals surface area contributed by atoms with Crippen molar-refractivity contribution < 1.29 is 4.39 Å². The molecule has 88 valence electrons. The summed E-state index contributed by atoms with van der Waals surface area (Å²) in [7, 11) is 0. The summed E-state index contributed by atoms with van der Waals surface area (Å²) in [5.41, 5.74) is 3.09. The van der Waals surface area contributed by atoms with Crippen molar-refractivity contribution >= 4 is 15.9 Å². The van der Waals surface area contributed by atoms with Crippen LogP contribution in [-0.4, -0.2) is 13.1 Å². The molecule has 1 N–H and O–H groups in total. The van der Waals surface area contributed by atoms with Gasteiger partial charge < -0.3 is 5.32 Å². The molecule has 1 saturated heterocycles. The second-order valence-electron chi connectivity index (χ2n) is 4.54. The van der Waals surface area contributed by atoms with Crippen LogP contribution in [0.2, 0.25) is 0 Å². The Morgan fingerprint density at radius 2 is 1.88 bits per heavy atom. The first-order valence-electron chi connectivity index (χ1n) is 5.77. The van der Waals surface area contributed by atoms with Crippen LogP contribution in [-0.2, 0) is 0 Å². The molecule has 0 saturated carbocycles. The first kappa shape index (κ1) is 12.1. The Bertz CT molecular complexity index is 397. The molecule has 0 radical (unpaired) electrons. The van der Waals surface area contributed by atoms with Gasteiger partial charge in [-0.2, -0.15) is 0 Å². The highest BCUT2D eigenvalue weighted by Crippen LogP contribution is 2.34. The Morgan fingerprint density at radius 1 is 1.25 bits per heavy atom. The normalized spacial score (nSPS) is 17.8. The average molecular weight is 286 g/mol. The van der Waals surface area contributed by atoms with Crippen LogP contribution in [0.1, 0.15) is 35.4 Å². The number of benzene rings is 1. The van der Waals surface area contributed by atoms with Crippen LogP contribution >= 0.6 is 15.9 Å². The van der Waals surface area contributed by atoms with E-state index in [0.29, 0.717) is 5.92 Å². The Kier molecular flexibility index (Phi) is 3.65. The molecule has 1 nitrogen and oxygen atoms in total. The van der Waals surface area contributed by atoms with Crippen LogP contribution in [0.4, 0.5) is 4.39 Å². The van der Waals surface area contributed by atoms with Crippen molar-refractivity contribution in [3.05, 3.63) is 33.0 Å². The Labute approximate surface area is 105 Å². The van der Waals surface area contributed by atoms with E-state index in [-0.39, 0.29) is 5.82 Å². The van der Waals surface area contributed by atoms with E-state index in [0.717, 1.165) is 36.0 Å². The molecular formula is C13H17BrFN. The summed E-state index contributed by atoms with van der Waals surface area (Å²) in [4.78, 5) is 0. The van der Waals surface area contributed by atoms with Gasteiger partial charge in [0.05, 0.1) is 0 Å². The van der Waals surface area contributed by atoms with E-state index in [2.05, 4.69) is 28.2 Å². The Hall–Kier alpha value is -0.410. The highest BCUT2D eigenvalue weighted by atomic mass is 79.9. The predicted molar refractivity (Wildman–Crippen MR) is 68.4 cm³/mol. The van der Waals surface area contributed by atoms with Gasteiger partial charge in [0.1, 0.15) is 5.82 Å². The van der Waals surface area contributed by atoms with Gasteiger partial charge in [-0.25, -0.2) is 4.39 Å². The third-order valence-electron chi connectivity index (χ3n) is 3.51. The molecule has 0 unspecified atom stereocenters. The standard InChI is InChI=1S/C13H17BrFN/c1-8-11(10-3-5-16-6-4-10)7-12(15)9(2)13(8)14/h7,10,16H,3-6H2,1-2H3. The molecule has 1 fully saturated rings. The van der Waals surface area contributed by atoms with Crippen LogP contribution in [0.5, 0.6) is 0 Å². The zero-order valence-corrected chi connectivity index (χ0v) is 11.3. The SMILES string of the molecule is Cc1c(F)cc(C2CCNCC2)c(C)c1Br. The molecule has 0 aromatic heterocycles. The lowest BCUT2D eigenvalue weighted by atomic mass is 9.87. The van der Waals surface area contributed by atoms with Gasteiger partial charge in [0.2, 0.25) is 0 Å². The topological polar surface area (TPSA) is 12.0 Å². The maximum Gasteiger partial charge on any atom is 0.127 e. The van der Waals surface area contributed by atoms with Crippen molar-refractivity contribution in [1.29, 1.82) is 0 Å². The summed E-state index contributed by atoms with van der Waals surface area (Å²) in [6.45, 7) is 5.97. The fraction of sp³-hybridized carbons (Fsp3) is 0.538. The largest absolute Gasteiger partial charge is 0.317 e. The van der Waals surface area contributed by atoms with Crippen LogP contribution in [0, 0.1) is 19.7 Å². The predicted octanol–water partition coefficient (Wildman–Crippen LogP) is 3.67. The van der Waals surface area contributed by atoms with E-state index in [1.165, 1.54) is 11.1 Å². The highest BCUT2D eigenvalue weighted by molar-refractivity contribution is 9.10. The molecule has 1 aromatic rings. The number of nitrogens with one attached hydrogen (secondary N) is 1. The molecule has 0 atom stereocenters.